The molecule has 0 saturated carbocycles. The Balaban J connectivity index is 2.23. The Bertz CT molecular complexity index is 961. The van der Waals surface area contributed by atoms with Gasteiger partial charge in [-0.25, -0.2) is 14.4 Å². The van der Waals surface area contributed by atoms with Crippen molar-refractivity contribution < 1.29 is 27.0 Å². The molecule has 0 unspecified atom stereocenters. The van der Waals surface area contributed by atoms with Gasteiger partial charge in [-0.05, 0) is 24.3 Å². The van der Waals surface area contributed by atoms with E-state index in [2.05, 4.69) is 15.3 Å². The molecule has 1 aromatic heterocycles. The van der Waals surface area contributed by atoms with Crippen LogP contribution >= 0.6 is 0 Å². The lowest BCUT2D eigenvalue weighted by Gasteiger charge is -2.15. The van der Waals surface area contributed by atoms with Crippen molar-refractivity contribution >= 4 is 22.4 Å². The van der Waals surface area contributed by atoms with Crippen LogP contribution in [0.2, 0.25) is 0 Å². The highest BCUT2D eigenvalue weighted by molar-refractivity contribution is 5.93. The largest absolute Gasteiger partial charge is 0.493 e. The minimum atomic E-state index is -4.75. The highest BCUT2D eigenvalue weighted by Crippen LogP contribution is 2.37. The van der Waals surface area contributed by atoms with E-state index in [1.807, 2.05) is 0 Å². The van der Waals surface area contributed by atoms with Gasteiger partial charge in [0.2, 0.25) is 5.82 Å². The van der Waals surface area contributed by atoms with Gasteiger partial charge in [-0.1, -0.05) is 6.07 Å². The van der Waals surface area contributed by atoms with Crippen molar-refractivity contribution in [2.75, 3.05) is 19.5 Å². The van der Waals surface area contributed by atoms with Gasteiger partial charge >= 0.3 is 6.18 Å². The molecule has 0 atom stereocenters. The fourth-order valence-electron chi connectivity index (χ4n) is 2.38. The lowest BCUT2D eigenvalue weighted by atomic mass is 10.2. The van der Waals surface area contributed by atoms with Gasteiger partial charge in [-0.3, -0.25) is 0 Å². The van der Waals surface area contributed by atoms with Gasteiger partial charge in [-0.2, -0.15) is 13.2 Å². The van der Waals surface area contributed by atoms with E-state index in [-0.39, 0.29) is 28.2 Å². The van der Waals surface area contributed by atoms with Crippen LogP contribution in [-0.2, 0) is 6.18 Å². The third kappa shape index (κ3) is 3.46. The van der Waals surface area contributed by atoms with Gasteiger partial charge in [0.05, 0.1) is 19.7 Å². The number of anilines is 2. The summed E-state index contributed by atoms with van der Waals surface area (Å²) in [5, 5.41) is 2.97. The number of benzene rings is 2. The molecule has 3 aromatic rings. The summed E-state index contributed by atoms with van der Waals surface area (Å²) in [6.07, 6.45) is -4.75. The van der Waals surface area contributed by atoms with Crippen LogP contribution in [0, 0.1) is 5.82 Å². The quantitative estimate of drug-likeness (QED) is 0.686. The van der Waals surface area contributed by atoms with Crippen LogP contribution in [0.4, 0.5) is 29.1 Å². The second-order valence-electron chi connectivity index (χ2n) is 5.25. The number of alkyl halides is 3. The molecule has 0 fully saturated rings. The number of ether oxygens (including phenoxy) is 2. The van der Waals surface area contributed by atoms with Crippen molar-refractivity contribution in [3.8, 4) is 11.5 Å². The maximum absolute atomic E-state index is 13.4. The van der Waals surface area contributed by atoms with E-state index in [1.165, 1.54) is 44.6 Å². The van der Waals surface area contributed by atoms with Gasteiger partial charge in [0, 0.05) is 17.1 Å². The molecule has 26 heavy (non-hydrogen) atoms. The molecule has 136 valence electrons. The van der Waals surface area contributed by atoms with Crippen molar-refractivity contribution in [1.29, 1.82) is 0 Å². The summed E-state index contributed by atoms with van der Waals surface area (Å²) >= 11 is 0. The van der Waals surface area contributed by atoms with Crippen LogP contribution < -0.4 is 14.8 Å². The van der Waals surface area contributed by atoms with Gasteiger partial charge < -0.3 is 14.8 Å². The van der Waals surface area contributed by atoms with Crippen molar-refractivity contribution in [3.63, 3.8) is 0 Å². The van der Waals surface area contributed by atoms with E-state index in [1.54, 1.807) is 0 Å². The number of fused-ring (bicyclic) bond motifs is 1. The molecule has 0 bridgehead atoms. The standard InChI is InChI=1S/C17H13F4N3O2/c1-25-13-7-11-12(8-14(13)26-2)23-16(17(19,20)21)24-15(11)22-10-5-3-4-9(18)6-10/h3-8H,1-2H3,(H,22,23,24). The van der Waals surface area contributed by atoms with Crippen LogP contribution in [0.1, 0.15) is 5.82 Å². The predicted octanol–water partition coefficient (Wildman–Crippen LogP) is 4.55. The first-order valence-corrected chi connectivity index (χ1v) is 7.35. The molecule has 9 heteroatoms. The number of methoxy groups -OCH3 is 2. The molecule has 0 spiro atoms. The predicted molar refractivity (Wildman–Crippen MR) is 87.3 cm³/mol. The van der Waals surface area contributed by atoms with E-state index >= 15 is 0 Å². The summed E-state index contributed by atoms with van der Waals surface area (Å²) in [5.74, 6) is -1.47. The zero-order chi connectivity index (χ0) is 18.9. The van der Waals surface area contributed by atoms with Crippen LogP contribution in [-0.4, -0.2) is 24.2 Å². The molecule has 0 aliphatic rings. The molecule has 0 saturated heterocycles. The fourth-order valence-corrected chi connectivity index (χ4v) is 2.38. The second-order valence-corrected chi connectivity index (χ2v) is 5.25. The summed E-state index contributed by atoms with van der Waals surface area (Å²) < 4.78 is 63.1. The molecular weight excluding hydrogens is 354 g/mol. The third-order valence-corrected chi connectivity index (χ3v) is 3.54. The molecule has 0 amide bonds. The summed E-state index contributed by atoms with van der Waals surface area (Å²) in [6.45, 7) is 0. The van der Waals surface area contributed by atoms with E-state index in [0.29, 0.717) is 5.75 Å². The number of aromatic nitrogens is 2. The fraction of sp³-hybridized carbons (Fsp3) is 0.176. The maximum Gasteiger partial charge on any atom is 0.451 e. The van der Waals surface area contributed by atoms with Gasteiger partial charge in [0.1, 0.15) is 11.6 Å². The Hall–Kier alpha value is -3.10. The van der Waals surface area contributed by atoms with Crippen LogP contribution in [0.3, 0.4) is 0 Å². The highest BCUT2D eigenvalue weighted by atomic mass is 19.4. The maximum atomic E-state index is 13.4. The van der Waals surface area contributed by atoms with Gasteiger partial charge in [-0.15, -0.1) is 0 Å². The lowest BCUT2D eigenvalue weighted by Crippen LogP contribution is -2.13. The normalized spacial score (nSPS) is 11.5. The molecule has 5 nitrogen and oxygen atoms in total. The smallest absolute Gasteiger partial charge is 0.451 e. The average molecular weight is 367 g/mol. The number of rotatable bonds is 4. The van der Waals surface area contributed by atoms with Crippen LogP contribution in [0.5, 0.6) is 11.5 Å². The number of nitrogens with zero attached hydrogens (tertiary/aromatic N) is 2. The van der Waals surface area contributed by atoms with E-state index < -0.39 is 17.8 Å². The monoisotopic (exact) mass is 367 g/mol. The second kappa shape index (κ2) is 6.66. The van der Waals surface area contributed by atoms with Gasteiger partial charge in [0.15, 0.2) is 11.5 Å². The molecule has 0 aliphatic carbocycles. The Morgan fingerprint density at radius 3 is 2.27 bits per heavy atom. The molecular formula is C17H13F4N3O2. The highest BCUT2D eigenvalue weighted by Gasteiger charge is 2.35. The van der Waals surface area contributed by atoms with Crippen molar-refractivity contribution in [1.82, 2.24) is 9.97 Å². The molecule has 2 aromatic carbocycles. The minimum absolute atomic E-state index is 0.00359. The summed E-state index contributed by atoms with van der Waals surface area (Å²) in [6, 6.07) is 8.07. The number of hydrogen-bond donors (Lipinski definition) is 1. The summed E-state index contributed by atoms with van der Waals surface area (Å²) in [7, 11) is 2.76. The number of halogens is 4. The van der Waals surface area contributed by atoms with Crippen LogP contribution in [0.15, 0.2) is 36.4 Å². The first-order chi connectivity index (χ1) is 12.3. The Morgan fingerprint density at radius 2 is 1.65 bits per heavy atom. The topological polar surface area (TPSA) is 56.3 Å². The van der Waals surface area contributed by atoms with Gasteiger partial charge in [0.25, 0.3) is 0 Å². The first-order valence-electron chi connectivity index (χ1n) is 7.35. The first kappa shape index (κ1) is 17.7. The Kier molecular flexibility index (Phi) is 4.54. The molecule has 3 rings (SSSR count). The summed E-state index contributed by atoms with van der Waals surface area (Å²) in [5.41, 5.74) is 0.247. The minimum Gasteiger partial charge on any atom is -0.493 e. The Labute approximate surface area is 145 Å². The van der Waals surface area contributed by atoms with E-state index in [4.69, 9.17) is 9.47 Å². The van der Waals surface area contributed by atoms with E-state index in [9.17, 15) is 17.6 Å². The average Bonchev–Trinajstić information content (AvgIpc) is 2.59. The van der Waals surface area contributed by atoms with Crippen molar-refractivity contribution in [3.05, 3.63) is 48.0 Å². The lowest BCUT2D eigenvalue weighted by molar-refractivity contribution is -0.144. The van der Waals surface area contributed by atoms with Crippen LogP contribution in [0.25, 0.3) is 10.9 Å². The van der Waals surface area contributed by atoms with Crippen molar-refractivity contribution in [2.45, 2.75) is 6.18 Å². The number of hydrogen-bond acceptors (Lipinski definition) is 5. The Morgan fingerprint density at radius 1 is 0.962 bits per heavy atom. The zero-order valence-corrected chi connectivity index (χ0v) is 13.7. The summed E-state index contributed by atoms with van der Waals surface area (Å²) in [4.78, 5) is 7.13. The zero-order valence-electron chi connectivity index (χ0n) is 13.7. The van der Waals surface area contributed by atoms with E-state index in [0.717, 1.165) is 6.07 Å². The molecule has 1 heterocycles. The number of nitrogens with one attached hydrogen (secondary N) is 1. The molecule has 1 N–H and O–H groups in total. The molecule has 0 aliphatic heterocycles. The molecule has 0 radical (unpaired) electrons. The van der Waals surface area contributed by atoms with Crippen molar-refractivity contribution in [2.24, 2.45) is 0 Å². The SMILES string of the molecule is COc1cc2nc(C(F)(F)F)nc(Nc3cccc(F)c3)c2cc1OC. The third-order valence-electron chi connectivity index (χ3n) is 3.54.